The Morgan fingerprint density at radius 3 is 2.88 bits per heavy atom. The molecule has 1 amide bonds. The zero-order chi connectivity index (χ0) is 18.7. The first-order valence-corrected chi connectivity index (χ1v) is 9.73. The number of hydrogen-bond donors (Lipinski definition) is 1. The van der Waals surface area contributed by atoms with E-state index in [1.165, 1.54) is 29.2 Å². The summed E-state index contributed by atoms with van der Waals surface area (Å²) in [5, 5.41) is 6.88. The summed E-state index contributed by atoms with van der Waals surface area (Å²) in [5.74, 6) is -0.971. The van der Waals surface area contributed by atoms with Crippen LogP contribution >= 0.6 is 22.7 Å². The Labute approximate surface area is 157 Å². The van der Waals surface area contributed by atoms with Crippen molar-refractivity contribution in [1.82, 2.24) is 14.9 Å². The molecular weight excluding hydrogens is 374 g/mol. The van der Waals surface area contributed by atoms with Gasteiger partial charge < -0.3 is 10.1 Å². The zero-order valence-corrected chi connectivity index (χ0v) is 15.9. The van der Waals surface area contributed by atoms with Crippen molar-refractivity contribution in [3.63, 3.8) is 0 Å². The molecule has 1 atom stereocenters. The molecule has 0 spiro atoms. The van der Waals surface area contributed by atoms with E-state index in [-0.39, 0.29) is 18.7 Å². The van der Waals surface area contributed by atoms with Crippen molar-refractivity contribution in [1.29, 1.82) is 0 Å². The van der Waals surface area contributed by atoms with Crippen LogP contribution in [-0.4, -0.2) is 34.1 Å². The molecule has 0 fully saturated rings. The van der Waals surface area contributed by atoms with Crippen LogP contribution in [0.3, 0.4) is 0 Å². The van der Waals surface area contributed by atoms with Crippen LogP contribution in [0.25, 0.3) is 20.7 Å². The molecule has 1 N–H and O–H groups in total. The van der Waals surface area contributed by atoms with Crippen LogP contribution in [0, 0.1) is 0 Å². The van der Waals surface area contributed by atoms with Crippen molar-refractivity contribution < 1.29 is 14.3 Å². The molecule has 3 heterocycles. The maximum atomic E-state index is 12.8. The highest BCUT2D eigenvalue weighted by Gasteiger charge is 2.18. The van der Waals surface area contributed by atoms with E-state index in [1.54, 1.807) is 18.3 Å². The molecule has 3 aromatic heterocycles. The first-order chi connectivity index (χ1) is 12.5. The minimum atomic E-state index is -0.780. The minimum Gasteiger partial charge on any atom is -0.464 e. The van der Waals surface area contributed by atoms with E-state index in [1.807, 2.05) is 22.9 Å². The van der Waals surface area contributed by atoms with Gasteiger partial charge in [0.1, 0.15) is 17.4 Å². The van der Waals surface area contributed by atoms with Gasteiger partial charge in [-0.15, -0.1) is 22.7 Å². The van der Waals surface area contributed by atoms with Crippen molar-refractivity contribution in [2.45, 2.75) is 26.4 Å². The number of fused-ring (bicyclic) bond motifs is 1. The highest BCUT2D eigenvalue weighted by Crippen LogP contribution is 2.33. The maximum absolute atomic E-state index is 12.8. The van der Waals surface area contributed by atoms with E-state index in [2.05, 4.69) is 10.3 Å². The maximum Gasteiger partial charge on any atom is 0.328 e. The summed E-state index contributed by atoms with van der Waals surface area (Å²) in [7, 11) is 0. The van der Waals surface area contributed by atoms with Crippen LogP contribution in [-0.2, 0) is 20.9 Å². The molecule has 0 aromatic carbocycles. The fraction of sp³-hybridized carbons (Fsp3) is 0.294. The lowest BCUT2D eigenvalue weighted by Gasteiger charge is -2.13. The van der Waals surface area contributed by atoms with Crippen LogP contribution in [0.1, 0.15) is 13.8 Å². The molecule has 3 rings (SSSR count). The molecule has 3 aromatic rings. The van der Waals surface area contributed by atoms with Gasteiger partial charge in [-0.3, -0.25) is 14.2 Å². The zero-order valence-electron chi connectivity index (χ0n) is 14.2. The highest BCUT2D eigenvalue weighted by molar-refractivity contribution is 7.18. The number of ether oxygens (including phenoxy) is 1. The van der Waals surface area contributed by atoms with Crippen molar-refractivity contribution in [2.24, 2.45) is 0 Å². The SMILES string of the molecule is CCOC(=O)C(C)NC(=O)Cn1cnc2scc(-c3cccs3)c2c1=O. The second-order valence-corrected chi connectivity index (χ2v) is 7.33. The monoisotopic (exact) mass is 391 g/mol. The second-order valence-electron chi connectivity index (χ2n) is 5.53. The standard InChI is InChI=1S/C17H17N3O4S2/c1-3-24-17(23)10(2)19-13(21)7-20-9-18-15-14(16(20)22)11(8-26-15)12-5-4-6-25-12/h4-6,8-10H,3,7H2,1-2H3,(H,19,21). The van der Waals surface area contributed by atoms with Gasteiger partial charge in [0.2, 0.25) is 5.91 Å². The van der Waals surface area contributed by atoms with E-state index >= 15 is 0 Å². The fourth-order valence-electron chi connectivity index (χ4n) is 2.46. The molecule has 26 heavy (non-hydrogen) atoms. The van der Waals surface area contributed by atoms with Crippen molar-refractivity contribution in [2.75, 3.05) is 6.61 Å². The molecule has 0 saturated heterocycles. The number of carbonyl (C=O) groups is 2. The molecule has 0 aliphatic carbocycles. The van der Waals surface area contributed by atoms with E-state index in [9.17, 15) is 14.4 Å². The third-order valence-corrected chi connectivity index (χ3v) is 5.47. The van der Waals surface area contributed by atoms with Gasteiger partial charge in [0.15, 0.2) is 0 Å². The molecule has 0 aliphatic heterocycles. The van der Waals surface area contributed by atoms with Crippen molar-refractivity contribution in [3.8, 4) is 10.4 Å². The predicted octanol–water partition coefficient (Wildman–Crippen LogP) is 2.25. The number of carbonyl (C=O) groups excluding carboxylic acids is 2. The number of amides is 1. The van der Waals surface area contributed by atoms with Crippen molar-refractivity contribution >= 4 is 44.8 Å². The van der Waals surface area contributed by atoms with Gasteiger partial charge in [0, 0.05) is 15.8 Å². The normalized spacial score (nSPS) is 12.1. The van der Waals surface area contributed by atoms with E-state index in [4.69, 9.17) is 4.74 Å². The molecule has 7 nitrogen and oxygen atoms in total. The Bertz CT molecular complexity index is 991. The summed E-state index contributed by atoms with van der Waals surface area (Å²) < 4.78 is 6.10. The van der Waals surface area contributed by atoms with Crippen LogP contribution < -0.4 is 10.9 Å². The summed E-state index contributed by atoms with van der Waals surface area (Å²) in [5.41, 5.74) is 0.547. The lowest BCUT2D eigenvalue weighted by atomic mass is 10.2. The Morgan fingerprint density at radius 1 is 1.38 bits per heavy atom. The lowest BCUT2D eigenvalue weighted by molar-refractivity contribution is -0.146. The summed E-state index contributed by atoms with van der Waals surface area (Å²) in [6, 6.07) is 3.08. The number of esters is 1. The number of nitrogens with one attached hydrogen (secondary N) is 1. The molecule has 1 unspecified atom stereocenters. The number of thiophene rings is 2. The van der Waals surface area contributed by atoms with Crippen LogP contribution in [0.15, 0.2) is 34.0 Å². The quantitative estimate of drug-likeness (QED) is 0.651. The van der Waals surface area contributed by atoms with Gasteiger partial charge in [-0.2, -0.15) is 0 Å². The summed E-state index contributed by atoms with van der Waals surface area (Å²) in [6.45, 7) is 3.25. The Morgan fingerprint density at radius 2 is 2.19 bits per heavy atom. The molecule has 0 aliphatic rings. The summed E-state index contributed by atoms with van der Waals surface area (Å²) >= 11 is 2.93. The predicted molar refractivity (Wildman–Crippen MR) is 101 cm³/mol. The summed E-state index contributed by atoms with van der Waals surface area (Å²) in [6.07, 6.45) is 1.36. The van der Waals surface area contributed by atoms with Crippen molar-refractivity contribution in [3.05, 3.63) is 39.6 Å². The van der Waals surface area contributed by atoms with Crippen LogP contribution in [0.4, 0.5) is 0 Å². The molecule has 0 radical (unpaired) electrons. The topological polar surface area (TPSA) is 90.3 Å². The van der Waals surface area contributed by atoms with E-state index in [0.717, 1.165) is 10.4 Å². The van der Waals surface area contributed by atoms with Gasteiger partial charge in [-0.25, -0.2) is 9.78 Å². The van der Waals surface area contributed by atoms with Crippen LogP contribution in [0.5, 0.6) is 0 Å². The fourth-order valence-corrected chi connectivity index (χ4v) is 4.18. The number of rotatable bonds is 6. The molecule has 9 heteroatoms. The Balaban J connectivity index is 1.84. The molecule has 136 valence electrons. The second kappa shape index (κ2) is 7.79. The van der Waals surface area contributed by atoms with Gasteiger partial charge in [-0.05, 0) is 25.3 Å². The Kier molecular flexibility index (Phi) is 5.48. The smallest absolute Gasteiger partial charge is 0.328 e. The average molecular weight is 391 g/mol. The first kappa shape index (κ1) is 18.3. The largest absolute Gasteiger partial charge is 0.464 e. The highest BCUT2D eigenvalue weighted by atomic mass is 32.1. The number of aromatic nitrogens is 2. The van der Waals surface area contributed by atoms with Gasteiger partial charge in [0.25, 0.3) is 5.56 Å². The number of nitrogens with zero attached hydrogens (tertiary/aromatic N) is 2. The average Bonchev–Trinajstić information content (AvgIpc) is 3.26. The number of hydrogen-bond acceptors (Lipinski definition) is 7. The van der Waals surface area contributed by atoms with E-state index < -0.39 is 17.9 Å². The molecule has 0 saturated carbocycles. The van der Waals surface area contributed by atoms with Gasteiger partial charge in [0.05, 0.1) is 18.3 Å². The molecular formula is C17H17N3O4S2. The Hall–Kier alpha value is -2.52. The molecule has 0 bridgehead atoms. The third kappa shape index (κ3) is 3.68. The first-order valence-electron chi connectivity index (χ1n) is 7.97. The minimum absolute atomic E-state index is 0.217. The summed E-state index contributed by atoms with van der Waals surface area (Å²) in [4.78, 5) is 42.5. The van der Waals surface area contributed by atoms with Crippen LogP contribution in [0.2, 0.25) is 0 Å². The van der Waals surface area contributed by atoms with E-state index in [0.29, 0.717) is 10.2 Å². The lowest BCUT2D eigenvalue weighted by Crippen LogP contribution is -2.42. The third-order valence-electron chi connectivity index (χ3n) is 3.68. The van der Waals surface area contributed by atoms with Gasteiger partial charge >= 0.3 is 5.97 Å². The van der Waals surface area contributed by atoms with Gasteiger partial charge in [-0.1, -0.05) is 6.07 Å².